The molecule has 7 heteroatoms. The highest BCUT2D eigenvalue weighted by Crippen LogP contribution is 2.20. The molecule has 0 amide bonds. The summed E-state index contributed by atoms with van der Waals surface area (Å²) in [6.45, 7) is 1.66. The lowest BCUT2D eigenvalue weighted by Gasteiger charge is -2.30. The molecule has 0 aliphatic carbocycles. The lowest BCUT2D eigenvalue weighted by molar-refractivity contribution is 0.296. The first-order valence-corrected chi connectivity index (χ1v) is 7.54. The number of hydrogen-bond donors (Lipinski definition) is 1. The first-order valence-electron chi connectivity index (χ1n) is 6.10. The lowest BCUT2D eigenvalue weighted by Crippen LogP contribution is -2.43. The van der Waals surface area contributed by atoms with E-state index in [4.69, 9.17) is 5.26 Å². The van der Waals surface area contributed by atoms with Crippen molar-refractivity contribution in [1.29, 1.82) is 5.26 Å². The maximum absolute atomic E-state index is 12.4. The van der Waals surface area contributed by atoms with Crippen LogP contribution in [0.1, 0.15) is 18.5 Å². The second-order valence-electron chi connectivity index (χ2n) is 4.49. The smallest absolute Gasteiger partial charge is 0.244 e. The average molecular weight is 280 g/mol. The van der Waals surface area contributed by atoms with Gasteiger partial charge in [-0.15, -0.1) is 0 Å². The zero-order valence-corrected chi connectivity index (χ0v) is 11.5. The molecule has 0 radical (unpaired) electrons. The molecule has 1 aromatic rings. The van der Waals surface area contributed by atoms with Gasteiger partial charge < -0.3 is 5.32 Å². The first-order chi connectivity index (χ1) is 9.05. The van der Waals surface area contributed by atoms with Crippen LogP contribution in [0.4, 0.5) is 0 Å². The van der Waals surface area contributed by atoms with Crippen LogP contribution in [0, 0.1) is 11.3 Å². The molecule has 102 valence electrons. The summed E-state index contributed by atoms with van der Waals surface area (Å²) in [5.74, 6) is 0. The van der Waals surface area contributed by atoms with E-state index in [1.54, 1.807) is 7.05 Å². The normalized spacial score (nSPS) is 17.3. The highest BCUT2D eigenvalue weighted by atomic mass is 32.2. The Morgan fingerprint density at radius 3 is 2.63 bits per heavy atom. The number of nitriles is 1. The van der Waals surface area contributed by atoms with Crippen molar-refractivity contribution >= 4 is 10.0 Å². The van der Waals surface area contributed by atoms with Gasteiger partial charge >= 0.3 is 0 Å². The van der Waals surface area contributed by atoms with Crippen molar-refractivity contribution in [2.45, 2.75) is 23.8 Å². The molecule has 1 aliphatic rings. The van der Waals surface area contributed by atoms with Crippen molar-refractivity contribution in [1.82, 2.24) is 14.6 Å². The summed E-state index contributed by atoms with van der Waals surface area (Å²) in [7, 11) is -1.93. The molecule has 0 atom stereocenters. The molecule has 1 aromatic heterocycles. The van der Waals surface area contributed by atoms with Crippen molar-refractivity contribution in [2.24, 2.45) is 0 Å². The average Bonchev–Trinajstić information content (AvgIpc) is 2.47. The van der Waals surface area contributed by atoms with Gasteiger partial charge in [0, 0.05) is 19.3 Å². The van der Waals surface area contributed by atoms with E-state index in [0.29, 0.717) is 0 Å². The highest BCUT2D eigenvalue weighted by Gasteiger charge is 2.29. The van der Waals surface area contributed by atoms with E-state index in [2.05, 4.69) is 10.3 Å². The van der Waals surface area contributed by atoms with E-state index in [0.717, 1.165) is 25.9 Å². The summed E-state index contributed by atoms with van der Waals surface area (Å²) in [5, 5.41) is 11.9. The van der Waals surface area contributed by atoms with Gasteiger partial charge in [-0.3, -0.25) is 0 Å². The standard InChI is InChI=1S/C12H16N4O2S/c1-16(11-4-6-14-7-5-11)19(17,18)12-3-2-10(8-13)15-9-12/h2-3,9,11,14H,4-7H2,1H3. The molecule has 6 nitrogen and oxygen atoms in total. The second-order valence-corrected chi connectivity index (χ2v) is 6.49. The number of nitrogens with one attached hydrogen (secondary N) is 1. The molecule has 19 heavy (non-hydrogen) atoms. The van der Waals surface area contributed by atoms with Gasteiger partial charge in [0.15, 0.2) is 0 Å². The van der Waals surface area contributed by atoms with Crippen LogP contribution in [0.25, 0.3) is 0 Å². The molecular formula is C12H16N4O2S. The van der Waals surface area contributed by atoms with Gasteiger partial charge in [0.1, 0.15) is 16.7 Å². The minimum absolute atomic E-state index is 0.0156. The van der Waals surface area contributed by atoms with Crippen LogP contribution in [0.3, 0.4) is 0 Å². The third-order valence-corrected chi connectivity index (χ3v) is 5.24. The summed E-state index contributed by atoms with van der Waals surface area (Å²) in [6.07, 6.45) is 2.85. The molecular weight excluding hydrogens is 264 g/mol. The Hall–Kier alpha value is -1.49. The van der Waals surface area contributed by atoms with Crippen LogP contribution in [0.5, 0.6) is 0 Å². The molecule has 0 aromatic carbocycles. The molecule has 1 saturated heterocycles. The van der Waals surface area contributed by atoms with Crippen LogP contribution in [0.2, 0.25) is 0 Å². The molecule has 1 fully saturated rings. The quantitative estimate of drug-likeness (QED) is 0.862. The van der Waals surface area contributed by atoms with Gasteiger partial charge in [0.05, 0.1) is 0 Å². The maximum atomic E-state index is 12.4. The SMILES string of the molecule is CN(C1CCNCC1)S(=O)(=O)c1ccc(C#N)nc1. The summed E-state index contributed by atoms with van der Waals surface area (Å²) in [6, 6.07) is 4.73. The molecule has 0 bridgehead atoms. The molecule has 2 heterocycles. The van der Waals surface area contributed by atoms with Crippen LogP contribution >= 0.6 is 0 Å². The monoisotopic (exact) mass is 280 g/mol. The number of piperidine rings is 1. The number of pyridine rings is 1. The summed E-state index contributed by atoms with van der Waals surface area (Å²) >= 11 is 0. The minimum atomic E-state index is -3.53. The number of sulfonamides is 1. The molecule has 1 N–H and O–H groups in total. The highest BCUT2D eigenvalue weighted by molar-refractivity contribution is 7.89. The third kappa shape index (κ3) is 2.92. The summed E-state index contributed by atoms with van der Waals surface area (Å²) < 4.78 is 26.2. The zero-order chi connectivity index (χ0) is 13.9. The zero-order valence-electron chi connectivity index (χ0n) is 10.7. The predicted molar refractivity (Wildman–Crippen MR) is 69.8 cm³/mol. The Kier molecular flexibility index (Phi) is 4.14. The van der Waals surface area contributed by atoms with Gasteiger partial charge in [-0.25, -0.2) is 13.4 Å². The van der Waals surface area contributed by atoms with Gasteiger partial charge in [-0.05, 0) is 38.1 Å². The molecule has 0 unspecified atom stereocenters. The van der Waals surface area contributed by atoms with Gasteiger partial charge in [-0.1, -0.05) is 0 Å². The van der Waals surface area contributed by atoms with Crippen LogP contribution in [-0.2, 0) is 10.0 Å². The summed E-state index contributed by atoms with van der Waals surface area (Å²) in [4.78, 5) is 3.94. The van der Waals surface area contributed by atoms with E-state index < -0.39 is 10.0 Å². The van der Waals surface area contributed by atoms with Gasteiger partial charge in [0.2, 0.25) is 10.0 Å². The van der Waals surface area contributed by atoms with Crippen LogP contribution < -0.4 is 5.32 Å². The third-order valence-electron chi connectivity index (χ3n) is 3.35. The van der Waals surface area contributed by atoms with Crippen LogP contribution in [-0.4, -0.2) is 43.9 Å². The Bertz CT molecular complexity index is 571. The van der Waals surface area contributed by atoms with E-state index in [1.807, 2.05) is 6.07 Å². The molecule has 0 spiro atoms. The molecule has 1 aliphatic heterocycles. The predicted octanol–water partition coefficient (Wildman–Crippen LogP) is 0.326. The Labute approximate surface area is 113 Å². The summed E-state index contributed by atoms with van der Waals surface area (Å²) in [5.41, 5.74) is 0.212. The topological polar surface area (TPSA) is 86.1 Å². The lowest BCUT2D eigenvalue weighted by atomic mass is 10.1. The van der Waals surface area contributed by atoms with Gasteiger partial charge in [-0.2, -0.15) is 9.57 Å². The Morgan fingerprint density at radius 1 is 1.42 bits per heavy atom. The number of rotatable bonds is 3. The fourth-order valence-electron chi connectivity index (χ4n) is 2.13. The van der Waals surface area contributed by atoms with E-state index in [1.165, 1.54) is 22.6 Å². The van der Waals surface area contributed by atoms with Crippen molar-refractivity contribution < 1.29 is 8.42 Å². The van der Waals surface area contributed by atoms with E-state index in [-0.39, 0.29) is 16.6 Å². The minimum Gasteiger partial charge on any atom is -0.317 e. The Balaban J connectivity index is 2.22. The Morgan fingerprint density at radius 2 is 2.11 bits per heavy atom. The van der Waals surface area contributed by atoms with Crippen molar-refractivity contribution in [2.75, 3.05) is 20.1 Å². The van der Waals surface area contributed by atoms with Gasteiger partial charge in [0.25, 0.3) is 0 Å². The number of hydrogen-bond acceptors (Lipinski definition) is 5. The second kappa shape index (κ2) is 5.65. The maximum Gasteiger partial charge on any atom is 0.244 e. The fourth-order valence-corrected chi connectivity index (χ4v) is 3.49. The first kappa shape index (κ1) is 13.9. The van der Waals surface area contributed by atoms with E-state index in [9.17, 15) is 8.42 Å². The largest absolute Gasteiger partial charge is 0.317 e. The van der Waals surface area contributed by atoms with Crippen molar-refractivity contribution in [3.05, 3.63) is 24.0 Å². The van der Waals surface area contributed by atoms with Crippen molar-refractivity contribution in [3.8, 4) is 6.07 Å². The fraction of sp³-hybridized carbons (Fsp3) is 0.500. The van der Waals surface area contributed by atoms with Crippen molar-refractivity contribution in [3.63, 3.8) is 0 Å². The molecule has 2 rings (SSSR count). The van der Waals surface area contributed by atoms with Crippen LogP contribution in [0.15, 0.2) is 23.2 Å². The van der Waals surface area contributed by atoms with E-state index >= 15 is 0 Å². The molecule has 0 saturated carbocycles. The number of nitrogens with zero attached hydrogens (tertiary/aromatic N) is 3. The number of aromatic nitrogens is 1.